The molecule has 4 amide bonds. The standard InChI is InChI=1S/C34H32N6O8/c1-19(37-31(41)25-9-5-7-21-13-23(39(45)46)15-27(29(21)25)33(37)43)17-35(3)11-12-36(4)18-20(2)38-32(42)26-10-6-8-22-14-24(40(47)48)16-28(30(22)26)34(38)44/h5-10,13-16,19-20H,11-12,17-18H2,1-4H3/t19-,20-/m0/s1. The van der Waals surface area contributed by atoms with Crippen LogP contribution >= 0.6 is 0 Å². The second kappa shape index (κ2) is 12.2. The van der Waals surface area contributed by atoms with Crippen LogP contribution in [-0.4, -0.2) is 105 Å². The van der Waals surface area contributed by atoms with Crippen LogP contribution in [0, 0.1) is 20.2 Å². The summed E-state index contributed by atoms with van der Waals surface area (Å²) < 4.78 is 0. The van der Waals surface area contributed by atoms with Crippen LogP contribution in [0.15, 0.2) is 60.7 Å². The van der Waals surface area contributed by atoms with E-state index in [0.717, 1.165) is 9.80 Å². The van der Waals surface area contributed by atoms with Gasteiger partial charge in [-0.1, -0.05) is 24.3 Å². The number of likely N-dealkylation sites (N-methyl/N-ethyl adjacent to an activating group) is 2. The number of carbonyl (C=O) groups is 4. The summed E-state index contributed by atoms with van der Waals surface area (Å²) in [6, 6.07) is 13.8. The van der Waals surface area contributed by atoms with Gasteiger partial charge in [-0.15, -0.1) is 0 Å². The SMILES string of the molecule is C[C@@H](CN(C)CCN(C)C[C@H](C)N1C(=O)c2cccc3cc([N+](=O)[O-])cc(c23)C1=O)N1C(=O)c2cccc3cc([N+](=O)[O-])cc(c23)C1=O. The smallest absolute Gasteiger partial charge is 0.270 e. The molecule has 2 atom stereocenters. The van der Waals surface area contributed by atoms with Gasteiger partial charge in [0.1, 0.15) is 0 Å². The molecule has 2 heterocycles. The van der Waals surface area contributed by atoms with E-state index in [9.17, 15) is 39.4 Å². The van der Waals surface area contributed by atoms with Crippen LogP contribution in [0.5, 0.6) is 0 Å². The van der Waals surface area contributed by atoms with Crippen molar-refractivity contribution in [3.05, 3.63) is 103 Å². The molecule has 0 bridgehead atoms. The van der Waals surface area contributed by atoms with Crippen LogP contribution in [0.1, 0.15) is 55.3 Å². The molecule has 0 N–H and O–H groups in total. The molecule has 4 aromatic carbocycles. The number of benzene rings is 4. The normalized spacial score (nSPS) is 15.6. The molecule has 0 saturated carbocycles. The molecule has 0 saturated heterocycles. The molecule has 0 spiro atoms. The summed E-state index contributed by atoms with van der Waals surface area (Å²) in [5.74, 6) is -2.09. The molecular formula is C34H32N6O8. The lowest BCUT2D eigenvalue weighted by Gasteiger charge is -2.35. The lowest BCUT2D eigenvalue weighted by Crippen LogP contribution is -2.51. The number of nitro benzene ring substituents is 2. The molecular weight excluding hydrogens is 620 g/mol. The minimum Gasteiger partial charge on any atom is -0.303 e. The van der Waals surface area contributed by atoms with Crippen LogP contribution in [0.25, 0.3) is 21.5 Å². The fourth-order valence-corrected chi connectivity index (χ4v) is 6.82. The molecule has 14 heteroatoms. The zero-order valence-corrected chi connectivity index (χ0v) is 26.7. The van der Waals surface area contributed by atoms with E-state index in [0.29, 0.717) is 58.9 Å². The second-order valence-electron chi connectivity index (χ2n) is 12.5. The molecule has 48 heavy (non-hydrogen) atoms. The topological polar surface area (TPSA) is 168 Å². The van der Waals surface area contributed by atoms with Crippen LogP contribution < -0.4 is 0 Å². The van der Waals surface area contributed by atoms with Gasteiger partial charge in [0.2, 0.25) is 0 Å². The first-order valence-electron chi connectivity index (χ1n) is 15.3. The van der Waals surface area contributed by atoms with Gasteiger partial charge < -0.3 is 9.80 Å². The van der Waals surface area contributed by atoms with E-state index in [-0.39, 0.29) is 22.5 Å². The Morgan fingerprint density at radius 3 is 1.31 bits per heavy atom. The predicted octanol–water partition coefficient (Wildman–Crippen LogP) is 4.34. The average molecular weight is 653 g/mol. The largest absolute Gasteiger partial charge is 0.303 e. The maximum Gasteiger partial charge on any atom is 0.270 e. The maximum absolute atomic E-state index is 13.6. The molecule has 2 aliphatic rings. The van der Waals surface area contributed by atoms with Gasteiger partial charge >= 0.3 is 0 Å². The van der Waals surface area contributed by atoms with Gasteiger partial charge in [0.15, 0.2) is 0 Å². The number of hydrogen-bond acceptors (Lipinski definition) is 10. The first-order chi connectivity index (χ1) is 22.8. The number of imide groups is 2. The highest BCUT2D eigenvalue weighted by Crippen LogP contribution is 2.36. The number of amides is 4. The third-order valence-corrected chi connectivity index (χ3v) is 9.04. The monoisotopic (exact) mass is 652 g/mol. The van der Waals surface area contributed by atoms with Gasteiger partial charge in [0.25, 0.3) is 35.0 Å². The number of nitro groups is 2. The third-order valence-electron chi connectivity index (χ3n) is 9.04. The molecule has 0 fully saturated rings. The first kappa shape index (κ1) is 32.3. The van der Waals surface area contributed by atoms with E-state index in [4.69, 9.17) is 0 Å². The summed E-state index contributed by atoms with van der Waals surface area (Å²) in [4.78, 5) is 82.2. The highest BCUT2D eigenvalue weighted by atomic mass is 16.6. The molecule has 0 unspecified atom stereocenters. The van der Waals surface area contributed by atoms with Gasteiger partial charge in [-0.3, -0.25) is 49.2 Å². The molecule has 0 aromatic heterocycles. The van der Waals surface area contributed by atoms with Crippen LogP contribution in [-0.2, 0) is 0 Å². The van der Waals surface area contributed by atoms with E-state index in [1.165, 1.54) is 24.3 Å². The lowest BCUT2D eigenvalue weighted by molar-refractivity contribution is -0.384. The Kier molecular flexibility index (Phi) is 8.23. The number of non-ortho nitro benzene ring substituents is 2. The summed E-state index contributed by atoms with van der Waals surface area (Å²) in [6.07, 6.45) is 0. The van der Waals surface area contributed by atoms with Crippen molar-refractivity contribution in [2.24, 2.45) is 0 Å². The Morgan fingerprint density at radius 2 is 0.958 bits per heavy atom. The number of hydrogen-bond donors (Lipinski definition) is 0. The van der Waals surface area contributed by atoms with E-state index in [2.05, 4.69) is 0 Å². The molecule has 0 radical (unpaired) electrons. The Hall–Kier alpha value is -5.60. The molecule has 6 rings (SSSR count). The summed E-state index contributed by atoms with van der Waals surface area (Å²) in [7, 11) is 3.68. The zero-order valence-electron chi connectivity index (χ0n) is 26.7. The minimum atomic E-state index is -0.585. The Morgan fingerprint density at radius 1 is 0.604 bits per heavy atom. The molecule has 0 aliphatic carbocycles. The van der Waals surface area contributed by atoms with Crippen molar-refractivity contribution in [3.8, 4) is 0 Å². The van der Waals surface area contributed by atoms with E-state index in [1.54, 1.807) is 50.2 Å². The molecule has 2 aliphatic heterocycles. The van der Waals surface area contributed by atoms with Gasteiger partial charge in [0.05, 0.1) is 33.1 Å². The molecule has 4 aromatic rings. The molecule has 14 nitrogen and oxygen atoms in total. The first-order valence-corrected chi connectivity index (χ1v) is 15.3. The number of nitrogens with zero attached hydrogens (tertiary/aromatic N) is 6. The zero-order chi connectivity index (χ0) is 34.6. The van der Waals surface area contributed by atoms with Crippen molar-refractivity contribution in [1.82, 2.24) is 19.6 Å². The fourth-order valence-electron chi connectivity index (χ4n) is 6.82. The van der Waals surface area contributed by atoms with Crippen LogP contribution in [0.3, 0.4) is 0 Å². The van der Waals surface area contributed by atoms with Crippen molar-refractivity contribution < 1.29 is 29.0 Å². The summed E-state index contributed by atoms with van der Waals surface area (Å²) in [5.41, 5.74) is 0.413. The van der Waals surface area contributed by atoms with Gasteiger partial charge in [0, 0.05) is 72.3 Å². The number of carbonyl (C=O) groups excluding carboxylic acids is 4. The lowest BCUT2D eigenvalue weighted by atomic mass is 9.92. The quantitative estimate of drug-likeness (QED) is 0.129. The third kappa shape index (κ3) is 5.44. The minimum absolute atomic E-state index is 0.118. The number of rotatable bonds is 11. The highest BCUT2D eigenvalue weighted by molar-refractivity contribution is 6.27. The van der Waals surface area contributed by atoms with Crippen molar-refractivity contribution >= 4 is 56.5 Å². The summed E-state index contributed by atoms with van der Waals surface area (Å²) in [5, 5.41) is 24.8. The van der Waals surface area contributed by atoms with Crippen LogP contribution in [0.4, 0.5) is 11.4 Å². The fraction of sp³-hybridized carbons (Fsp3) is 0.294. The Labute approximate surface area is 274 Å². The van der Waals surface area contributed by atoms with Crippen molar-refractivity contribution in [3.63, 3.8) is 0 Å². The van der Waals surface area contributed by atoms with Crippen LogP contribution in [0.2, 0.25) is 0 Å². The highest BCUT2D eigenvalue weighted by Gasteiger charge is 2.39. The average Bonchev–Trinajstić information content (AvgIpc) is 3.04. The van der Waals surface area contributed by atoms with E-state index >= 15 is 0 Å². The summed E-state index contributed by atoms with van der Waals surface area (Å²) in [6.45, 7) is 5.16. The van der Waals surface area contributed by atoms with Crippen molar-refractivity contribution in [2.45, 2.75) is 25.9 Å². The van der Waals surface area contributed by atoms with Gasteiger partial charge in [-0.05, 0) is 50.8 Å². The van der Waals surface area contributed by atoms with Crippen molar-refractivity contribution in [1.29, 1.82) is 0 Å². The Bertz CT molecular complexity index is 1930. The van der Waals surface area contributed by atoms with Gasteiger partial charge in [-0.2, -0.15) is 0 Å². The maximum atomic E-state index is 13.6. The predicted molar refractivity (Wildman–Crippen MR) is 176 cm³/mol. The van der Waals surface area contributed by atoms with E-state index in [1.807, 2.05) is 23.9 Å². The Balaban J connectivity index is 1.11. The van der Waals surface area contributed by atoms with E-state index < -0.39 is 45.6 Å². The molecule has 246 valence electrons. The van der Waals surface area contributed by atoms with Gasteiger partial charge in [-0.25, -0.2) is 0 Å². The second-order valence-corrected chi connectivity index (χ2v) is 12.5. The van der Waals surface area contributed by atoms with Crippen molar-refractivity contribution in [2.75, 3.05) is 40.3 Å². The summed E-state index contributed by atoms with van der Waals surface area (Å²) >= 11 is 0.